The Balaban J connectivity index is 1.52. The molecule has 1 heterocycles. The van der Waals surface area contributed by atoms with E-state index in [0.29, 0.717) is 40.5 Å². The average Bonchev–Trinajstić information content (AvgIpc) is 3.23. The minimum absolute atomic E-state index is 0.238. The molecule has 0 bridgehead atoms. The predicted octanol–water partition coefficient (Wildman–Crippen LogP) is 6.26. The molecule has 0 saturated carbocycles. The molecule has 0 radical (unpaired) electrons. The third-order valence-corrected chi connectivity index (χ3v) is 6.40. The van der Waals surface area contributed by atoms with Crippen molar-refractivity contribution in [2.75, 3.05) is 13.7 Å². The number of benzene rings is 3. The molecule has 0 N–H and O–H groups in total. The lowest BCUT2D eigenvalue weighted by Gasteiger charge is -2.13. The normalized spacial score (nSPS) is 11.0. The summed E-state index contributed by atoms with van der Waals surface area (Å²) in [6.45, 7) is 1.27. The first-order valence-electron chi connectivity index (χ1n) is 10.4. The molecule has 0 aliphatic carbocycles. The van der Waals surface area contributed by atoms with Gasteiger partial charge in [-0.3, -0.25) is 0 Å². The highest BCUT2D eigenvalue weighted by atomic mass is 35.5. The van der Waals surface area contributed by atoms with Crippen molar-refractivity contribution in [3.05, 3.63) is 95.0 Å². The molecule has 0 aliphatic heterocycles. The zero-order valence-corrected chi connectivity index (χ0v) is 19.7. The Morgan fingerprint density at radius 1 is 0.970 bits per heavy atom. The lowest BCUT2D eigenvalue weighted by molar-refractivity contribution is 0.181. The average molecular weight is 484 g/mol. The topological polar surface area (TPSA) is 49.2 Å². The highest BCUT2D eigenvalue weighted by Crippen LogP contribution is 2.31. The van der Waals surface area contributed by atoms with Crippen LogP contribution in [0.3, 0.4) is 0 Å². The van der Waals surface area contributed by atoms with Crippen LogP contribution in [0.4, 0.5) is 4.39 Å². The van der Waals surface area contributed by atoms with E-state index >= 15 is 0 Å². The summed E-state index contributed by atoms with van der Waals surface area (Å²) in [6, 6.07) is 22.6. The van der Waals surface area contributed by atoms with Gasteiger partial charge in [0.1, 0.15) is 18.2 Å². The van der Waals surface area contributed by atoms with Crippen LogP contribution in [-0.4, -0.2) is 28.5 Å². The fourth-order valence-electron chi connectivity index (χ4n) is 3.34. The standard InChI is InChI=1S/C25H23ClFN3O2S/c1-31-15-14-30-24(28-29-25(30)33-17-20-21(26)11-7-12-22(20)27)16-32-23-13-6-5-10-19(23)18-8-3-2-4-9-18/h2-13H,14-17H2,1H3. The lowest BCUT2D eigenvalue weighted by atomic mass is 10.1. The van der Waals surface area contributed by atoms with Crippen LogP contribution in [0, 0.1) is 5.82 Å². The van der Waals surface area contributed by atoms with E-state index in [2.05, 4.69) is 10.2 Å². The number of ether oxygens (including phenoxy) is 2. The molecule has 0 atom stereocenters. The Labute approximate surface area is 201 Å². The number of hydrogen-bond acceptors (Lipinski definition) is 5. The first kappa shape index (κ1) is 23.3. The summed E-state index contributed by atoms with van der Waals surface area (Å²) in [5, 5.41) is 9.69. The third-order valence-electron chi connectivity index (χ3n) is 5.05. The predicted molar refractivity (Wildman–Crippen MR) is 129 cm³/mol. The molecule has 33 heavy (non-hydrogen) atoms. The van der Waals surface area contributed by atoms with Crippen molar-refractivity contribution in [3.63, 3.8) is 0 Å². The van der Waals surface area contributed by atoms with Crippen LogP contribution in [-0.2, 0) is 23.6 Å². The van der Waals surface area contributed by atoms with Crippen molar-refractivity contribution in [1.29, 1.82) is 0 Å². The van der Waals surface area contributed by atoms with E-state index in [4.69, 9.17) is 21.1 Å². The van der Waals surface area contributed by atoms with E-state index in [1.807, 2.05) is 59.2 Å². The minimum atomic E-state index is -0.334. The summed E-state index contributed by atoms with van der Waals surface area (Å²) in [5.74, 6) is 1.43. The fourth-order valence-corrected chi connectivity index (χ4v) is 4.66. The van der Waals surface area contributed by atoms with Gasteiger partial charge in [0, 0.05) is 35.6 Å². The molecule has 0 aliphatic rings. The van der Waals surface area contributed by atoms with E-state index < -0.39 is 0 Å². The van der Waals surface area contributed by atoms with Crippen LogP contribution in [0.5, 0.6) is 5.75 Å². The van der Waals surface area contributed by atoms with E-state index in [0.717, 1.165) is 16.9 Å². The SMILES string of the molecule is COCCn1c(COc2ccccc2-c2ccccc2)nnc1SCc1c(F)cccc1Cl. The van der Waals surface area contributed by atoms with Crippen molar-refractivity contribution in [2.45, 2.75) is 24.1 Å². The summed E-state index contributed by atoms with van der Waals surface area (Å²) in [5.41, 5.74) is 2.52. The van der Waals surface area contributed by atoms with Crippen molar-refractivity contribution >= 4 is 23.4 Å². The van der Waals surface area contributed by atoms with Crippen molar-refractivity contribution < 1.29 is 13.9 Å². The Morgan fingerprint density at radius 2 is 1.76 bits per heavy atom. The van der Waals surface area contributed by atoms with Crippen LogP contribution in [0.1, 0.15) is 11.4 Å². The largest absolute Gasteiger partial charge is 0.485 e. The molecular weight excluding hydrogens is 461 g/mol. The van der Waals surface area contributed by atoms with Gasteiger partial charge in [-0.25, -0.2) is 4.39 Å². The summed E-state index contributed by atoms with van der Waals surface area (Å²) in [7, 11) is 1.64. The summed E-state index contributed by atoms with van der Waals surface area (Å²) >= 11 is 7.55. The number of halogens is 2. The minimum Gasteiger partial charge on any atom is -0.485 e. The van der Waals surface area contributed by atoms with Crippen molar-refractivity contribution in [2.24, 2.45) is 0 Å². The molecule has 0 amide bonds. The van der Waals surface area contributed by atoms with E-state index in [1.165, 1.54) is 17.8 Å². The summed E-state index contributed by atoms with van der Waals surface area (Å²) in [4.78, 5) is 0. The van der Waals surface area contributed by atoms with Gasteiger partial charge in [-0.2, -0.15) is 0 Å². The van der Waals surface area contributed by atoms with Gasteiger partial charge in [0.05, 0.1) is 6.61 Å². The van der Waals surface area contributed by atoms with Crippen LogP contribution in [0.25, 0.3) is 11.1 Å². The molecule has 1 aromatic heterocycles. The second-order valence-electron chi connectivity index (χ2n) is 7.18. The van der Waals surface area contributed by atoms with Crippen LogP contribution >= 0.6 is 23.4 Å². The zero-order chi connectivity index (χ0) is 23.0. The van der Waals surface area contributed by atoms with Crippen LogP contribution in [0.15, 0.2) is 78.0 Å². The van der Waals surface area contributed by atoms with E-state index in [9.17, 15) is 4.39 Å². The molecule has 4 aromatic rings. The molecule has 4 rings (SSSR count). The second kappa shape index (κ2) is 11.3. The Morgan fingerprint density at radius 3 is 2.55 bits per heavy atom. The molecule has 0 spiro atoms. The van der Waals surface area contributed by atoms with Gasteiger partial charge in [0.2, 0.25) is 0 Å². The molecular formula is C25H23ClFN3O2S. The number of thioether (sulfide) groups is 1. The van der Waals surface area contributed by atoms with Gasteiger partial charge in [-0.05, 0) is 23.8 Å². The second-order valence-corrected chi connectivity index (χ2v) is 8.53. The number of para-hydroxylation sites is 1. The molecule has 0 unspecified atom stereocenters. The zero-order valence-electron chi connectivity index (χ0n) is 18.1. The van der Waals surface area contributed by atoms with Crippen LogP contribution in [0.2, 0.25) is 5.02 Å². The first-order valence-corrected chi connectivity index (χ1v) is 11.8. The van der Waals surface area contributed by atoms with Gasteiger partial charge in [0.15, 0.2) is 11.0 Å². The molecule has 0 fully saturated rings. The van der Waals surface area contributed by atoms with Crippen molar-refractivity contribution in [1.82, 2.24) is 14.8 Å². The fraction of sp³-hybridized carbons (Fsp3) is 0.200. The van der Waals surface area contributed by atoms with Gasteiger partial charge >= 0.3 is 0 Å². The molecule has 170 valence electrons. The molecule has 3 aromatic carbocycles. The molecule has 5 nitrogen and oxygen atoms in total. The number of hydrogen-bond donors (Lipinski definition) is 0. The molecule has 0 saturated heterocycles. The van der Waals surface area contributed by atoms with Gasteiger partial charge in [-0.1, -0.05) is 78.0 Å². The highest BCUT2D eigenvalue weighted by molar-refractivity contribution is 7.98. The maximum Gasteiger partial charge on any atom is 0.191 e. The van der Waals surface area contributed by atoms with E-state index in [-0.39, 0.29) is 12.4 Å². The summed E-state index contributed by atoms with van der Waals surface area (Å²) < 4.78 is 27.5. The monoisotopic (exact) mass is 483 g/mol. The maximum atomic E-state index is 14.2. The van der Waals surface area contributed by atoms with Crippen molar-refractivity contribution in [3.8, 4) is 16.9 Å². The smallest absolute Gasteiger partial charge is 0.191 e. The lowest BCUT2D eigenvalue weighted by Crippen LogP contribution is -2.12. The van der Waals surface area contributed by atoms with Crippen LogP contribution < -0.4 is 4.74 Å². The number of aromatic nitrogens is 3. The summed E-state index contributed by atoms with van der Waals surface area (Å²) in [6.07, 6.45) is 0. The first-order chi connectivity index (χ1) is 16.2. The number of rotatable bonds is 10. The Bertz CT molecular complexity index is 1180. The van der Waals surface area contributed by atoms with E-state index in [1.54, 1.807) is 19.2 Å². The Hall–Kier alpha value is -2.87. The number of nitrogens with zero attached hydrogens (tertiary/aromatic N) is 3. The number of methoxy groups -OCH3 is 1. The third kappa shape index (κ3) is 5.74. The van der Waals surface area contributed by atoms with Gasteiger partial charge in [-0.15, -0.1) is 10.2 Å². The van der Waals surface area contributed by atoms with Gasteiger partial charge in [0.25, 0.3) is 0 Å². The Kier molecular flexibility index (Phi) is 7.99. The highest BCUT2D eigenvalue weighted by Gasteiger charge is 2.16. The molecule has 8 heteroatoms. The van der Waals surface area contributed by atoms with Gasteiger partial charge < -0.3 is 14.0 Å². The maximum absolute atomic E-state index is 14.2. The quantitative estimate of drug-likeness (QED) is 0.249.